The molecule has 0 aliphatic heterocycles. The maximum absolute atomic E-state index is 11.3. The topological polar surface area (TPSA) is 46.5 Å². The molecule has 20 heavy (non-hydrogen) atoms. The molecule has 0 saturated heterocycles. The van der Waals surface area contributed by atoms with Crippen molar-refractivity contribution >= 4 is 5.97 Å². The van der Waals surface area contributed by atoms with Crippen LogP contribution in [0, 0.1) is 11.3 Å². The van der Waals surface area contributed by atoms with Crippen LogP contribution in [0.2, 0.25) is 0 Å². The van der Waals surface area contributed by atoms with E-state index >= 15 is 0 Å². The summed E-state index contributed by atoms with van der Waals surface area (Å²) in [6, 6.07) is 10.1. The fraction of sp³-hybridized carbons (Fsp3) is 0.588. The molecule has 3 nitrogen and oxygen atoms in total. The largest absolute Gasteiger partial charge is 0.481 e. The van der Waals surface area contributed by atoms with Crippen LogP contribution in [0.5, 0.6) is 0 Å². The fourth-order valence-corrected chi connectivity index (χ4v) is 2.10. The number of hydrogen-bond acceptors (Lipinski definition) is 2. The molecule has 0 aliphatic carbocycles. The number of carboxylic acid groups (broad SMARTS) is 1. The Morgan fingerprint density at radius 1 is 1.15 bits per heavy atom. The average molecular weight is 278 g/mol. The van der Waals surface area contributed by atoms with Gasteiger partial charge in [-0.3, -0.25) is 4.79 Å². The van der Waals surface area contributed by atoms with Crippen molar-refractivity contribution in [3.8, 4) is 0 Å². The predicted octanol–water partition coefficient (Wildman–Crippen LogP) is 3.73. The Bertz CT molecular complexity index is 429. The lowest BCUT2D eigenvalue weighted by Gasteiger charge is -2.30. The predicted molar refractivity (Wildman–Crippen MR) is 80.9 cm³/mol. The van der Waals surface area contributed by atoms with E-state index in [9.17, 15) is 9.90 Å². The Balaban J connectivity index is 2.61. The zero-order valence-corrected chi connectivity index (χ0v) is 13.1. The maximum atomic E-state index is 11.3. The van der Waals surface area contributed by atoms with Gasteiger partial charge in [0.25, 0.3) is 0 Å². The number of ether oxygens (including phenoxy) is 1. The van der Waals surface area contributed by atoms with Crippen LogP contribution in [0.15, 0.2) is 30.3 Å². The smallest absolute Gasteiger partial charge is 0.309 e. The van der Waals surface area contributed by atoms with Gasteiger partial charge in [0.05, 0.1) is 19.1 Å². The number of hydrogen-bond donors (Lipinski definition) is 1. The molecule has 3 heteroatoms. The minimum atomic E-state index is -0.796. The van der Waals surface area contributed by atoms with Crippen LogP contribution in [0.3, 0.4) is 0 Å². The summed E-state index contributed by atoms with van der Waals surface area (Å²) in [4.78, 5) is 11.3. The van der Waals surface area contributed by atoms with E-state index in [1.54, 1.807) is 0 Å². The second-order valence-electron chi connectivity index (χ2n) is 7.02. The van der Waals surface area contributed by atoms with E-state index in [4.69, 9.17) is 4.74 Å². The number of rotatable bonds is 6. The molecule has 0 aliphatic rings. The molecule has 1 aromatic rings. The molecule has 1 unspecified atom stereocenters. The highest BCUT2D eigenvalue weighted by Gasteiger charge is 2.32. The van der Waals surface area contributed by atoms with Gasteiger partial charge in [0.1, 0.15) is 0 Å². The zero-order chi connectivity index (χ0) is 15.4. The molecule has 0 spiro atoms. The maximum Gasteiger partial charge on any atom is 0.309 e. The van der Waals surface area contributed by atoms with E-state index < -0.39 is 11.9 Å². The molecule has 0 bridgehead atoms. The second kappa shape index (κ2) is 6.40. The summed E-state index contributed by atoms with van der Waals surface area (Å²) in [5.41, 5.74) is 0.771. The number of benzene rings is 1. The number of carboxylic acids is 1. The molecule has 0 radical (unpaired) electrons. The van der Waals surface area contributed by atoms with Crippen molar-refractivity contribution in [1.82, 2.24) is 0 Å². The van der Waals surface area contributed by atoms with E-state index in [1.165, 1.54) is 5.56 Å². The van der Waals surface area contributed by atoms with Gasteiger partial charge in [-0.25, -0.2) is 0 Å². The Morgan fingerprint density at radius 2 is 1.70 bits per heavy atom. The third-order valence-electron chi connectivity index (χ3n) is 3.65. The van der Waals surface area contributed by atoms with Crippen molar-refractivity contribution in [2.45, 2.75) is 40.0 Å². The summed E-state index contributed by atoms with van der Waals surface area (Å²) in [6.07, 6.45) is 0. The molecule has 0 saturated carbocycles. The first-order valence-corrected chi connectivity index (χ1v) is 7.00. The van der Waals surface area contributed by atoms with Gasteiger partial charge >= 0.3 is 5.97 Å². The molecule has 1 aromatic carbocycles. The highest BCUT2D eigenvalue weighted by molar-refractivity contribution is 5.71. The minimum absolute atomic E-state index is 0.123. The van der Waals surface area contributed by atoms with Crippen LogP contribution < -0.4 is 0 Å². The normalized spacial score (nSPS) is 14.1. The summed E-state index contributed by atoms with van der Waals surface area (Å²) < 4.78 is 5.72. The van der Waals surface area contributed by atoms with E-state index in [0.29, 0.717) is 6.61 Å². The van der Waals surface area contributed by atoms with Crippen LogP contribution in [0.4, 0.5) is 0 Å². The molecule has 0 aromatic heterocycles. The third-order valence-corrected chi connectivity index (χ3v) is 3.65. The van der Waals surface area contributed by atoms with Crippen molar-refractivity contribution in [1.29, 1.82) is 0 Å². The lowest BCUT2D eigenvalue weighted by molar-refractivity contribution is -0.148. The molecule has 0 fully saturated rings. The first-order chi connectivity index (χ1) is 9.14. The van der Waals surface area contributed by atoms with Gasteiger partial charge in [0, 0.05) is 5.41 Å². The average Bonchev–Trinajstić information content (AvgIpc) is 2.33. The summed E-state index contributed by atoms with van der Waals surface area (Å²) in [5.74, 6) is -1.29. The summed E-state index contributed by atoms with van der Waals surface area (Å²) >= 11 is 0. The quantitative estimate of drug-likeness (QED) is 0.862. The van der Waals surface area contributed by atoms with Crippen molar-refractivity contribution < 1.29 is 14.6 Å². The summed E-state index contributed by atoms with van der Waals surface area (Å²) in [5, 5.41) is 9.28. The SMILES string of the molecule is CC(C)(COCC(C(=O)O)C(C)(C)C)c1ccccc1. The van der Waals surface area contributed by atoms with Crippen molar-refractivity contribution in [2.75, 3.05) is 13.2 Å². The first kappa shape index (κ1) is 16.7. The van der Waals surface area contributed by atoms with E-state index in [0.717, 1.165) is 0 Å². The molecule has 112 valence electrons. The van der Waals surface area contributed by atoms with Crippen LogP contribution in [0.25, 0.3) is 0 Å². The summed E-state index contributed by atoms with van der Waals surface area (Å²) in [7, 11) is 0. The zero-order valence-electron chi connectivity index (χ0n) is 13.1. The third kappa shape index (κ3) is 4.64. The monoisotopic (exact) mass is 278 g/mol. The Kier molecular flexibility index (Phi) is 5.35. The van der Waals surface area contributed by atoms with Crippen LogP contribution in [-0.2, 0) is 14.9 Å². The standard InChI is InChI=1S/C17H26O3/c1-16(2,3)14(15(18)19)11-20-12-17(4,5)13-9-7-6-8-10-13/h6-10,14H,11-12H2,1-5H3,(H,18,19). The Labute approximate surface area is 122 Å². The highest BCUT2D eigenvalue weighted by atomic mass is 16.5. The minimum Gasteiger partial charge on any atom is -0.481 e. The van der Waals surface area contributed by atoms with Crippen LogP contribution in [0.1, 0.15) is 40.2 Å². The number of aliphatic carboxylic acids is 1. The molecular formula is C17H26O3. The Hall–Kier alpha value is -1.35. The first-order valence-electron chi connectivity index (χ1n) is 7.00. The fourth-order valence-electron chi connectivity index (χ4n) is 2.10. The molecule has 1 atom stereocenters. The molecular weight excluding hydrogens is 252 g/mol. The second-order valence-corrected chi connectivity index (χ2v) is 7.02. The van der Waals surface area contributed by atoms with Gasteiger partial charge < -0.3 is 9.84 Å². The van der Waals surface area contributed by atoms with Gasteiger partial charge in [0.15, 0.2) is 0 Å². The summed E-state index contributed by atoms with van der Waals surface area (Å²) in [6.45, 7) is 10.8. The highest BCUT2D eigenvalue weighted by Crippen LogP contribution is 2.28. The van der Waals surface area contributed by atoms with Crippen molar-refractivity contribution in [3.63, 3.8) is 0 Å². The van der Waals surface area contributed by atoms with E-state index in [-0.39, 0.29) is 17.4 Å². The lowest BCUT2D eigenvalue weighted by Crippen LogP contribution is -2.34. The Morgan fingerprint density at radius 3 is 2.15 bits per heavy atom. The molecule has 0 heterocycles. The van der Waals surface area contributed by atoms with Gasteiger partial charge in [-0.1, -0.05) is 65.0 Å². The lowest BCUT2D eigenvalue weighted by atomic mass is 9.81. The van der Waals surface area contributed by atoms with Crippen molar-refractivity contribution in [2.24, 2.45) is 11.3 Å². The van der Waals surface area contributed by atoms with Gasteiger partial charge in [-0.15, -0.1) is 0 Å². The van der Waals surface area contributed by atoms with Gasteiger partial charge in [0.2, 0.25) is 0 Å². The molecule has 1 N–H and O–H groups in total. The van der Waals surface area contributed by atoms with Crippen LogP contribution >= 0.6 is 0 Å². The van der Waals surface area contributed by atoms with Gasteiger partial charge in [-0.05, 0) is 11.0 Å². The molecule has 0 amide bonds. The van der Waals surface area contributed by atoms with Crippen LogP contribution in [-0.4, -0.2) is 24.3 Å². The molecule has 1 rings (SSSR count). The van der Waals surface area contributed by atoms with E-state index in [1.807, 2.05) is 39.0 Å². The van der Waals surface area contributed by atoms with Gasteiger partial charge in [-0.2, -0.15) is 0 Å². The number of carbonyl (C=O) groups is 1. The van der Waals surface area contributed by atoms with Crippen molar-refractivity contribution in [3.05, 3.63) is 35.9 Å². The van der Waals surface area contributed by atoms with E-state index in [2.05, 4.69) is 26.0 Å².